The van der Waals surface area contributed by atoms with Gasteiger partial charge < -0.3 is 14.8 Å². The molecule has 0 aliphatic carbocycles. The molecule has 0 spiro atoms. The van der Waals surface area contributed by atoms with Crippen molar-refractivity contribution in [3.05, 3.63) is 35.9 Å². The highest BCUT2D eigenvalue weighted by Gasteiger charge is 2.40. The van der Waals surface area contributed by atoms with E-state index in [2.05, 4.69) is 5.32 Å². The summed E-state index contributed by atoms with van der Waals surface area (Å²) in [6, 6.07) is 8.79. The molecule has 5 nitrogen and oxygen atoms in total. The number of ether oxygens (including phenoxy) is 2. The highest BCUT2D eigenvalue weighted by atomic mass is 16.8. The molecule has 1 atom stereocenters. The van der Waals surface area contributed by atoms with E-state index in [1.54, 1.807) is 38.1 Å². The van der Waals surface area contributed by atoms with E-state index in [1.165, 1.54) is 0 Å². The van der Waals surface area contributed by atoms with Gasteiger partial charge in [-0.3, -0.25) is 4.79 Å². The number of esters is 1. The minimum absolute atomic E-state index is 0.107. The van der Waals surface area contributed by atoms with Crippen LogP contribution in [-0.2, 0) is 14.3 Å². The molecule has 96 valence electrons. The maximum Gasteiger partial charge on any atom is 0.339 e. The number of hydrogen-bond donors (Lipinski definition) is 1. The van der Waals surface area contributed by atoms with Crippen LogP contribution in [0, 0.1) is 0 Å². The molecule has 1 unspecified atom stereocenters. The number of benzene rings is 1. The molecule has 0 radical (unpaired) electrons. The Morgan fingerprint density at radius 1 is 1.33 bits per heavy atom. The fraction of sp³-hybridized carbons (Fsp3) is 0.385. The molecule has 18 heavy (non-hydrogen) atoms. The first-order chi connectivity index (χ1) is 8.48. The Balaban J connectivity index is 1.89. The summed E-state index contributed by atoms with van der Waals surface area (Å²) in [7, 11) is 0. The summed E-state index contributed by atoms with van der Waals surface area (Å²) in [5, 5.41) is 2.64. The Labute approximate surface area is 105 Å². The first kappa shape index (κ1) is 12.6. The van der Waals surface area contributed by atoms with Gasteiger partial charge in [0, 0.05) is 19.4 Å². The average molecular weight is 249 g/mol. The van der Waals surface area contributed by atoms with Crippen molar-refractivity contribution in [1.82, 2.24) is 5.32 Å². The second-order valence-corrected chi connectivity index (χ2v) is 4.50. The van der Waals surface area contributed by atoms with Gasteiger partial charge in [0.05, 0.1) is 6.54 Å². The second-order valence-electron chi connectivity index (χ2n) is 4.50. The first-order valence-corrected chi connectivity index (χ1v) is 5.72. The Kier molecular flexibility index (Phi) is 3.34. The van der Waals surface area contributed by atoms with Crippen LogP contribution in [0.25, 0.3) is 0 Å². The van der Waals surface area contributed by atoms with Crippen LogP contribution in [0.15, 0.2) is 30.3 Å². The fourth-order valence-corrected chi connectivity index (χ4v) is 1.72. The molecule has 1 aliphatic heterocycles. The van der Waals surface area contributed by atoms with Crippen LogP contribution in [-0.4, -0.2) is 30.3 Å². The third kappa shape index (κ3) is 2.87. The van der Waals surface area contributed by atoms with Crippen LogP contribution in [0.2, 0.25) is 0 Å². The van der Waals surface area contributed by atoms with E-state index in [0.717, 1.165) is 0 Å². The summed E-state index contributed by atoms with van der Waals surface area (Å²) in [5.74, 6) is -1.61. The van der Waals surface area contributed by atoms with Gasteiger partial charge in [-0.25, -0.2) is 4.79 Å². The van der Waals surface area contributed by atoms with Crippen molar-refractivity contribution >= 4 is 11.9 Å². The minimum atomic E-state index is -0.917. The predicted molar refractivity (Wildman–Crippen MR) is 63.8 cm³/mol. The number of carbonyl (C=O) groups excluding carboxylic acids is 2. The van der Waals surface area contributed by atoms with E-state index in [0.29, 0.717) is 5.56 Å². The molecule has 1 N–H and O–H groups in total. The molecular formula is C13H15NO4. The molecule has 5 heteroatoms. The SMILES string of the molecule is CC1(C)OC(=O)C(CNC(=O)c2ccccc2)O1. The van der Waals surface area contributed by atoms with Crippen LogP contribution in [0.4, 0.5) is 0 Å². The van der Waals surface area contributed by atoms with Gasteiger partial charge in [0.25, 0.3) is 5.91 Å². The summed E-state index contributed by atoms with van der Waals surface area (Å²) in [5.41, 5.74) is 0.545. The maximum absolute atomic E-state index is 11.8. The highest BCUT2D eigenvalue weighted by molar-refractivity contribution is 5.94. The summed E-state index contributed by atoms with van der Waals surface area (Å²) >= 11 is 0. The number of amides is 1. The van der Waals surface area contributed by atoms with Crippen LogP contribution >= 0.6 is 0 Å². The van der Waals surface area contributed by atoms with Crippen molar-refractivity contribution in [3.63, 3.8) is 0 Å². The third-order valence-electron chi connectivity index (χ3n) is 2.52. The lowest BCUT2D eigenvalue weighted by Gasteiger charge is -2.15. The molecule has 1 aliphatic rings. The van der Waals surface area contributed by atoms with Crippen molar-refractivity contribution in [2.45, 2.75) is 25.7 Å². The summed E-state index contributed by atoms with van der Waals surface area (Å²) in [6.07, 6.45) is -0.743. The summed E-state index contributed by atoms with van der Waals surface area (Å²) in [6.45, 7) is 3.42. The third-order valence-corrected chi connectivity index (χ3v) is 2.52. The van der Waals surface area contributed by atoms with Crippen LogP contribution in [0.5, 0.6) is 0 Å². The molecule has 0 bridgehead atoms. The first-order valence-electron chi connectivity index (χ1n) is 5.72. The zero-order valence-electron chi connectivity index (χ0n) is 10.3. The number of hydrogen-bond acceptors (Lipinski definition) is 4. The summed E-state index contributed by atoms with van der Waals surface area (Å²) in [4.78, 5) is 23.2. The molecule has 1 aromatic rings. The lowest BCUT2D eigenvalue weighted by Crippen LogP contribution is -2.35. The van der Waals surface area contributed by atoms with Gasteiger partial charge in [-0.1, -0.05) is 18.2 Å². The van der Waals surface area contributed by atoms with Crippen molar-refractivity contribution < 1.29 is 19.1 Å². The van der Waals surface area contributed by atoms with Crippen molar-refractivity contribution in [2.75, 3.05) is 6.54 Å². The van der Waals surface area contributed by atoms with Crippen molar-refractivity contribution in [3.8, 4) is 0 Å². The molecule has 1 saturated heterocycles. The Morgan fingerprint density at radius 2 is 2.00 bits per heavy atom. The van der Waals surface area contributed by atoms with Crippen molar-refractivity contribution in [1.29, 1.82) is 0 Å². The summed E-state index contributed by atoms with van der Waals surface area (Å²) < 4.78 is 10.3. The Hall–Kier alpha value is -1.88. The van der Waals surface area contributed by atoms with E-state index in [9.17, 15) is 9.59 Å². The Bertz CT molecular complexity index is 455. The number of rotatable bonds is 3. The van der Waals surface area contributed by atoms with Gasteiger partial charge in [-0.2, -0.15) is 0 Å². The largest absolute Gasteiger partial charge is 0.432 e. The molecular weight excluding hydrogens is 234 g/mol. The Morgan fingerprint density at radius 3 is 2.56 bits per heavy atom. The minimum Gasteiger partial charge on any atom is -0.432 e. The topological polar surface area (TPSA) is 64.6 Å². The standard InChI is InChI=1S/C13H15NO4/c1-13(2)17-10(12(16)18-13)8-14-11(15)9-6-4-3-5-7-9/h3-7,10H,8H2,1-2H3,(H,14,15). The van der Waals surface area contributed by atoms with Crippen LogP contribution < -0.4 is 5.32 Å². The molecule has 1 amide bonds. The molecule has 1 heterocycles. The number of nitrogens with one attached hydrogen (secondary N) is 1. The normalized spacial score (nSPS) is 21.4. The lowest BCUT2D eigenvalue weighted by molar-refractivity contribution is -0.160. The zero-order chi connectivity index (χ0) is 13.2. The monoisotopic (exact) mass is 249 g/mol. The van der Waals surface area contributed by atoms with Gasteiger partial charge in [0.1, 0.15) is 0 Å². The van der Waals surface area contributed by atoms with E-state index in [4.69, 9.17) is 9.47 Å². The van der Waals surface area contributed by atoms with Gasteiger partial charge in [-0.05, 0) is 12.1 Å². The van der Waals surface area contributed by atoms with E-state index < -0.39 is 17.9 Å². The smallest absolute Gasteiger partial charge is 0.339 e. The number of cyclic esters (lactones) is 1. The number of carbonyl (C=O) groups is 2. The van der Waals surface area contributed by atoms with Gasteiger partial charge >= 0.3 is 5.97 Å². The maximum atomic E-state index is 11.8. The molecule has 1 aromatic carbocycles. The van der Waals surface area contributed by atoms with Gasteiger partial charge in [0.15, 0.2) is 6.10 Å². The van der Waals surface area contributed by atoms with Crippen LogP contribution in [0.3, 0.4) is 0 Å². The molecule has 0 saturated carbocycles. The molecule has 1 fully saturated rings. The van der Waals surface area contributed by atoms with Gasteiger partial charge in [-0.15, -0.1) is 0 Å². The highest BCUT2D eigenvalue weighted by Crippen LogP contribution is 2.23. The fourth-order valence-electron chi connectivity index (χ4n) is 1.72. The van der Waals surface area contributed by atoms with Gasteiger partial charge in [0.2, 0.25) is 5.79 Å². The van der Waals surface area contributed by atoms with Crippen molar-refractivity contribution in [2.24, 2.45) is 0 Å². The van der Waals surface area contributed by atoms with Crippen LogP contribution in [0.1, 0.15) is 24.2 Å². The van der Waals surface area contributed by atoms with E-state index >= 15 is 0 Å². The van der Waals surface area contributed by atoms with E-state index in [-0.39, 0.29) is 12.5 Å². The zero-order valence-corrected chi connectivity index (χ0v) is 10.3. The predicted octanol–water partition coefficient (Wildman–Crippen LogP) is 1.09. The molecule has 2 rings (SSSR count). The average Bonchev–Trinajstić information content (AvgIpc) is 2.60. The quantitative estimate of drug-likeness (QED) is 0.814. The second kappa shape index (κ2) is 4.78. The lowest BCUT2D eigenvalue weighted by atomic mass is 10.2. The molecule has 0 aromatic heterocycles. The van der Waals surface area contributed by atoms with E-state index in [1.807, 2.05) is 6.07 Å².